The lowest BCUT2D eigenvalue weighted by atomic mass is 10.0. The van der Waals surface area contributed by atoms with Gasteiger partial charge in [-0.25, -0.2) is 0 Å². The minimum atomic E-state index is -0.575. The molecule has 166 valence electrons. The van der Waals surface area contributed by atoms with Crippen molar-refractivity contribution in [3.8, 4) is 0 Å². The molecule has 0 bridgehead atoms. The number of anilines is 3. The van der Waals surface area contributed by atoms with Gasteiger partial charge in [0.2, 0.25) is 5.91 Å². The lowest BCUT2D eigenvalue weighted by molar-refractivity contribution is -0.117. The second-order valence-electron chi connectivity index (χ2n) is 7.58. The smallest absolute Gasteiger partial charge is 0.251 e. The number of amides is 2. The highest BCUT2D eigenvalue weighted by atomic mass is 35.5. The van der Waals surface area contributed by atoms with Gasteiger partial charge in [0, 0.05) is 36.6 Å². The molecule has 0 saturated carbocycles. The first kappa shape index (κ1) is 23.3. The van der Waals surface area contributed by atoms with E-state index in [9.17, 15) is 9.59 Å². The van der Waals surface area contributed by atoms with Crippen molar-refractivity contribution >= 4 is 41.3 Å². The molecule has 3 aromatic rings. The fraction of sp³-hybridized carbons (Fsp3) is 0.200. The summed E-state index contributed by atoms with van der Waals surface area (Å²) in [6.45, 7) is 1.18. The van der Waals surface area contributed by atoms with E-state index in [0.717, 1.165) is 35.5 Å². The van der Waals surface area contributed by atoms with Gasteiger partial charge in [0.1, 0.15) is 6.04 Å². The number of hydrogen-bond donors (Lipinski definition) is 3. The largest absolute Gasteiger partial charge is 0.370 e. The number of nitrogens with zero attached hydrogens (tertiary/aromatic N) is 1. The molecule has 0 radical (unpaired) electrons. The molecule has 1 unspecified atom stereocenters. The zero-order chi connectivity index (χ0) is 21.6. The van der Waals surface area contributed by atoms with Crippen LogP contribution in [0.5, 0.6) is 0 Å². The fourth-order valence-electron chi connectivity index (χ4n) is 3.76. The number of carbonyl (C=O) groups is 2. The van der Waals surface area contributed by atoms with Gasteiger partial charge in [-0.05, 0) is 53.9 Å². The molecule has 1 saturated heterocycles. The number of carbonyl (C=O) groups excluding carboxylic acids is 2. The molecule has 1 heterocycles. The van der Waals surface area contributed by atoms with Gasteiger partial charge in [-0.2, -0.15) is 0 Å². The average molecular weight is 451 g/mol. The summed E-state index contributed by atoms with van der Waals surface area (Å²) in [5, 5.41) is 6.32. The predicted octanol–water partition coefficient (Wildman–Crippen LogP) is 4.49. The third kappa shape index (κ3) is 5.46. The van der Waals surface area contributed by atoms with Crippen molar-refractivity contribution in [2.75, 3.05) is 22.1 Å². The SMILES string of the molecule is Cl.NCc1cccc(NC(C(=O)Nc2ccc(N3CCCC3=O)cc2)c2ccccc2)c1. The molecule has 0 aromatic heterocycles. The van der Waals surface area contributed by atoms with Gasteiger partial charge in [0.15, 0.2) is 0 Å². The summed E-state index contributed by atoms with van der Waals surface area (Å²) in [6.07, 6.45) is 1.47. The van der Waals surface area contributed by atoms with Crippen LogP contribution >= 0.6 is 12.4 Å². The van der Waals surface area contributed by atoms with Crippen LogP contribution in [0.1, 0.15) is 30.0 Å². The fourth-order valence-corrected chi connectivity index (χ4v) is 3.76. The monoisotopic (exact) mass is 450 g/mol. The lowest BCUT2D eigenvalue weighted by Gasteiger charge is -2.21. The molecule has 0 spiro atoms. The Balaban J connectivity index is 0.00000289. The number of nitrogens with one attached hydrogen (secondary N) is 2. The van der Waals surface area contributed by atoms with E-state index in [4.69, 9.17) is 5.73 Å². The quantitative estimate of drug-likeness (QED) is 0.495. The maximum Gasteiger partial charge on any atom is 0.251 e. The van der Waals surface area contributed by atoms with Gasteiger partial charge >= 0.3 is 0 Å². The van der Waals surface area contributed by atoms with Crippen LogP contribution in [0.4, 0.5) is 17.1 Å². The van der Waals surface area contributed by atoms with Crippen molar-refractivity contribution < 1.29 is 9.59 Å². The van der Waals surface area contributed by atoms with Crippen molar-refractivity contribution in [3.05, 3.63) is 90.0 Å². The molecule has 0 aliphatic carbocycles. The van der Waals surface area contributed by atoms with Crippen molar-refractivity contribution in [1.82, 2.24) is 0 Å². The minimum absolute atomic E-state index is 0. The maximum atomic E-state index is 13.2. The van der Waals surface area contributed by atoms with E-state index >= 15 is 0 Å². The third-order valence-electron chi connectivity index (χ3n) is 5.39. The lowest BCUT2D eigenvalue weighted by Crippen LogP contribution is -2.27. The highest BCUT2D eigenvalue weighted by Crippen LogP contribution is 2.25. The Morgan fingerprint density at radius 2 is 1.72 bits per heavy atom. The Morgan fingerprint density at radius 3 is 2.38 bits per heavy atom. The molecule has 7 heteroatoms. The highest BCUT2D eigenvalue weighted by molar-refractivity contribution is 5.98. The first-order valence-electron chi connectivity index (χ1n) is 10.5. The molecule has 2 amide bonds. The van der Waals surface area contributed by atoms with Crippen LogP contribution in [0.3, 0.4) is 0 Å². The summed E-state index contributed by atoms with van der Waals surface area (Å²) >= 11 is 0. The molecule has 32 heavy (non-hydrogen) atoms. The summed E-state index contributed by atoms with van der Waals surface area (Å²) in [6, 6.07) is 24.2. The molecule has 6 nitrogen and oxygen atoms in total. The van der Waals surface area contributed by atoms with Gasteiger partial charge in [0.05, 0.1) is 0 Å². The number of benzene rings is 3. The number of halogens is 1. The van der Waals surface area contributed by atoms with E-state index < -0.39 is 6.04 Å². The summed E-state index contributed by atoms with van der Waals surface area (Å²) in [7, 11) is 0. The standard InChI is InChI=1S/C25H26N4O2.ClH/c26-17-18-6-4-9-21(16-18)27-24(19-7-2-1-3-8-19)25(31)28-20-11-13-22(14-12-20)29-15-5-10-23(29)30;/h1-4,6-9,11-14,16,24,27H,5,10,15,17,26H2,(H,28,31);1H. The van der Waals surface area contributed by atoms with E-state index in [1.807, 2.05) is 78.9 Å². The van der Waals surface area contributed by atoms with E-state index in [1.54, 1.807) is 4.90 Å². The van der Waals surface area contributed by atoms with Gasteiger partial charge < -0.3 is 21.3 Å². The van der Waals surface area contributed by atoms with Gasteiger partial charge in [-0.1, -0.05) is 42.5 Å². The zero-order valence-electron chi connectivity index (χ0n) is 17.7. The van der Waals surface area contributed by atoms with Crippen molar-refractivity contribution in [2.45, 2.75) is 25.4 Å². The maximum absolute atomic E-state index is 13.2. The Kier molecular flexibility index (Phi) is 7.87. The molecule has 1 atom stereocenters. The predicted molar refractivity (Wildman–Crippen MR) is 131 cm³/mol. The van der Waals surface area contributed by atoms with Gasteiger partial charge in [0.25, 0.3) is 5.91 Å². The van der Waals surface area contributed by atoms with Crippen molar-refractivity contribution in [3.63, 3.8) is 0 Å². The Bertz CT molecular complexity index is 1060. The van der Waals surface area contributed by atoms with E-state index in [1.165, 1.54) is 0 Å². The van der Waals surface area contributed by atoms with Crippen molar-refractivity contribution in [1.29, 1.82) is 0 Å². The molecule has 1 aliphatic rings. The number of nitrogens with two attached hydrogens (primary N) is 1. The van der Waals surface area contributed by atoms with E-state index in [2.05, 4.69) is 10.6 Å². The first-order valence-corrected chi connectivity index (χ1v) is 10.5. The van der Waals surface area contributed by atoms with Gasteiger partial charge in [-0.3, -0.25) is 9.59 Å². The molecular weight excluding hydrogens is 424 g/mol. The third-order valence-corrected chi connectivity index (χ3v) is 5.39. The second kappa shape index (κ2) is 10.8. The highest BCUT2D eigenvalue weighted by Gasteiger charge is 2.23. The minimum Gasteiger partial charge on any atom is -0.370 e. The van der Waals surface area contributed by atoms with E-state index in [0.29, 0.717) is 18.7 Å². The van der Waals surface area contributed by atoms with Crippen LogP contribution < -0.4 is 21.3 Å². The zero-order valence-corrected chi connectivity index (χ0v) is 18.5. The Morgan fingerprint density at radius 1 is 0.969 bits per heavy atom. The first-order chi connectivity index (χ1) is 15.1. The number of rotatable bonds is 7. The van der Waals surface area contributed by atoms with Crippen LogP contribution in [0, 0.1) is 0 Å². The average Bonchev–Trinajstić information content (AvgIpc) is 3.24. The normalized spacial score (nSPS) is 13.9. The molecular formula is C25H27ClN4O2. The van der Waals surface area contributed by atoms with Crippen LogP contribution in [-0.2, 0) is 16.1 Å². The second-order valence-corrected chi connectivity index (χ2v) is 7.58. The Labute approximate surface area is 194 Å². The summed E-state index contributed by atoms with van der Waals surface area (Å²) in [4.78, 5) is 26.9. The molecule has 1 aliphatic heterocycles. The molecule has 3 aromatic carbocycles. The van der Waals surface area contributed by atoms with Gasteiger partial charge in [-0.15, -0.1) is 12.4 Å². The van der Waals surface area contributed by atoms with Crippen LogP contribution in [-0.4, -0.2) is 18.4 Å². The van der Waals surface area contributed by atoms with Crippen molar-refractivity contribution in [2.24, 2.45) is 5.73 Å². The summed E-state index contributed by atoms with van der Waals surface area (Å²) < 4.78 is 0. The Hall–Kier alpha value is -3.35. The topological polar surface area (TPSA) is 87.5 Å². The summed E-state index contributed by atoms with van der Waals surface area (Å²) in [5.74, 6) is -0.0285. The number of hydrogen-bond acceptors (Lipinski definition) is 4. The molecule has 4 rings (SSSR count). The van der Waals surface area contributed by atoms with Crippen LogP contribution in [0.25, 0.3) is 0 Å². The van der Waals surface area contributed by atoms with Crippen LogP contribution in [0.2, 0.25) is 0 Å². The summed E-state index contributed by atoms with van der Waals surface area (Å²) in [5.41, 5.74) is 9.97. The molecule has 1 fully saturated rings. The van der Waals surface area contributed by atoms with E-state index in [-0.39, 0.29) is 24.2 Å². The molecule has 4 N–H and O–H groups in total. The van der Waals surface area contributed by atoms with Crippen LogP contribution in [0.15, 0.2) is 78.9 Å².